The van der Waals surface area contributed by atoms with Crippen molar-refractivity contribution in [3.05, 3.63) is 60.2 Å². The molecule has 2 aromatic rings. The fourth-order valence-electron chi connectivity index (χ4n) is 3.12. The maximum Gasteiger partial charge on any atom is 0.238 e. The number of para-hydroxylation sites is 1. The largest absolute Gasteiger partial charge is 0.457 e. The number of hydrogen-bond acceptors (Lipinski definition) is 4. The van der Waals surface area contributed by atoms with E-state index in [-0.39, 0.29) is 11.8 Å². The van der Waals surface area contributed by atoms with E-state index in [0.717, 1.165) is 44.0 Å². The van der Waals surface area contributed by atoms with E-state index in [1.807, 2.05) is 42.5 Å². The minimum absolute atomic E-state index is 0.0208. The maximum atomic E-state index is 11.7. The van der Waals surface area contributed by atoms with E-state index >= 15 is 0 Å². The topological polar surface area (TPSA) is 67.6 Å². The first-order chi connectivity index (χ1) is 11.7. The van der Waals surface area contributed by atoms with E-state index in [4.69, 9.17) is 10.6 Å². The van der Waals surface area contributed by atoms with E-state index in [2.05, 4.69) is 22.5 Å². The fourth-order valence-corrected chi connectivity index (χ4v) is 3.12. The lowest BCUT2D eigenvalue weighted by atomic mass is 9.97. The first-order valence-electron chi connectivity index (χ1n) is 8.29. The highest BCUT2D eigenvalue weighted by atomic mass is 16.5. The third-order valence-corrected chi connectivity index (χ3v) is 4.30. The molecule has 5 heteroatoms. The number of nitrogens with two attached hydrogens (primary N) is 1. The lowest BCUT2D eigenvalue weighted by Crippen LogP contribution is -2.44. The second-order valence-electron chi connectivity index (χ2n) is 6.15. The number of amides is 1. The second-order valence-corrected chi connectivity index (χ2v) is 6.15. The molecule has 0 saturated carbocycles. The van der Waals surface area contributed by atoms with Gasteiger partial charge in [-0.1, -0.05) is 30.3 Å². The molecule has 3 N–H and O–H groups in total. The Morgan fingerprint density at radius 2 is 1.96 bits per heavy atom. The van der Waals surface area contributed by atoms with E-state index < -0.39 is 0 Å². The van der Waals surface area contributed by atoms with Gasteiger partial charge in [0.1, 0.15) is 11.5 Å². The Labute approximate surface area is 142 Å². The average molecular weight is 325 g/mol. The molecule has 1 unspecified atom stereocenters. The van der Waals surface area contributed by atoms with E-state index in [0.29, 0.717) is 0 Å². The van der Waals surface area contributed by atoms with Gasteiger partial charge in [0, 0.05) is 13.1 Å². The normalized spacial score (nSPS) is 18.1. The van der Waals surface area contributed by atoms with Gasteiger partial charge >= 0.3 is 0 Å². The zero-order chi connectivity index (χ0) is 16.8. The number of carbonyl (C=O) groups is 1. The van der Waals surface area contributed by atoms with Gasteiger partial charge < -0.3 is 4.74 Å². The van der Waals surface area contributed by atoms with Crippen molar-refractivity contribution in [1.29, 1.82) is 0 Å². The Bertz CT molecular complexity index is 675. The molecule has 0 spiro atoms. The summed E-state index contributed by atoms with van der Waals surface area (Å²) in [7, 11) is 0. The number of hydrazine groups is 1. The van der Waals surface area contributed by atoms with Crippen molar-refractivity contribution in [2.45, 2.75) is 19.4 Å². The summed E-state index contributed by atoms with van der Waals surface area (Å²) in [4.78, 5) is 14.0. The summed E-state index contributed by atoms with van der Waals surface area (Å²) in [6.45, 7) is 2.55. The molecule has 3 rings (SSSR count). The van der Waals surface area contributed by atoms with Crippen molar-refractivity contribution in [2.75, 3.05) is 13.1 Å². The number of carbonyl (C=O) groups excluding carboxylic acids is 1. The second kappa shape index (κ2) is 7.95. The Kier molecular flexibility index (Phi) is 5.46. The number of nitrogens with zero attached hydrogens (tertiary/aromatic N) is 1. The van der Waals surface area contributed by atoms with Crippen LogP contribution in [0.5, 0.6) is 11.5 Å². The van der Waals surface area contributed by atoms with Gasteiger partial charge in [0.2, 0.25) is 5.91 Å². The Morgan fingerprint density at radius 1 is 1.17 bits per heavy atom. The molecule has 2 aromatic carbocycles. The summed E-state index contributed by atoms with van der Waals surface area (Å²) in [5.41, 5.74) is 3.45. The molecular formula is C19H23N3O2. The molecule has 1 aliphatic heterocycles. The lowest BCUT2D eigenvalue weighted by Gasteiger charge is -2.31. The van der Waals surface area contributed by atoms with Crippen LogP contribution in [0.15, 0.2) is 54.6 Å². The molecule has 126 valence electrons. The molecular weight excluding hydrogens is 302 g/mol. The molecule has 0 bridgehead atoms. The maximum absolute atomic E-state index is 11.7. The minimum Gasteiger partial charge on any atom is -0.457 e. The summed E-state index contributed by atoms with van der Waals surface area (Å²) >= 11 is 0. The molecule has 1 aliphatic rings. The highest BCUT2D eigenvalue weighted by Crippen LogP contribution is 2.24. The first kappa shape index (κ1) is 16.5. The van der Waals surface area contributed by atoms with Crippen molar-refractivity contribution >= 4 is 5.91 Å². The number of ether oxygens (including phenoxy) is 1. The summed E-state index contributed by atoms with van der Waals surface area (Å²) in [5.74, 6) is 6.82. The number of nitrogens with one attached hydrogen (secondary N) is 1. The Hall–Kier alpha value is -2.37. The molecule has 1 atom stereocenters. The van der Waals surface area contributed by atoms with Gasteiger partial charge in [-0.25, -0.2) is 5.84 Å². The van der Waals surface area contributed by atoms with Gasteiger partial charge in [0.15, 0.2) is 0 Å². The SMILES string of the molecule is NNC(=O)C1CCCN(Cc2cccc(Oc3ccccc3)c2)C1. The molecule has 0 aromatic heterocycles. The summed E-state index contributed by atoms with van der Waals surface area (Å²) in [5, 5.41) is 0. The van der Waals surface area contributed by atoms with Crippen LogP contribution in [-0.4, -0.2) is 23.9 Å². The lowest BCUT2D eigenvalue weighted by molar-refractivity contribution is -0.126. The Balaban J connectivity index is 1.63. The molecule has 1 amide bonds. The quantitative estimate of drug-likeness (QED) is 0.504. The highest BCUT2D eigenvalue weighted by molar-refractivity contribution is 5.78. The van der Waals surface area contributed by atoms with Gasteiger partial charge in [0.05, 0.1) is 5.92 Å². The smallest absolute Gasteiger partial charge is 0.238 e. The average Bonchev–Trinajstić information content (AvgIpc) is 2.62. The van der Waals surface area contributed by atoms with Crippen LogP contribution < -0.4 is 16.0 Å². The van der Waals surface area contributed by atoms with Crippen LogP contribution in [0.25, 0.3) is 0 Å². The van der Waals surface area contributed by atoms with Gasteiger partial charge in [-0.05, 0) is 49.2 Å². The van der Waals surface area contributed by atoms with Crippen LogP contribution >= 0.6 is 0 Å². The third kappa shape index (κ3) is 4.34. The predicted molar refractivity (Wildman–Crippen MR) is 93.3 cm³/mol. The number of rotatable bonds is 5. The zero-order valence-corrected chi connectivity index (χ0v) is 13.7. The zero-order valence-electron chi connectivity index (χ0n) is 13.7. The van der Waals surface area contributed by atoms with Crippen LogP contribution in [0.3, 0.4) is 0 Å². The van der Waals surface area contributed by atoms with E-state index in [1.165, 1.54) is 5.56 Å². The van der Waals surface area contributed by atoms with Crippen molar-refractivity contribution in [3.8, 4) is 11.5 Å². The first-order valence-corrected chi connectivity index (χ1v) is 8.29. The van der Waals surface area contributed by atoms with Crippen LogP contribution in [0.4, 0.5) is 0 Å². The number of piperidine rings is 1. The van der Waals surface area contributed by atoms with Crippen LogP contribution in [0.2, 0.25) is 0 Å². The molecule has 1 saturated heterocycles. The number of likely N-dealkylation sites (tertiary alicyclic amines) is 1. The van der Waals surface area contributed by atoms with Crippen molar-refractivity contribution in [2.24, 2.45) is 11.8 Å². The number of benzene rings is 2. The molecule has 1 fully saturated rings. The van der Waals surface area contributed by atoms with Gasteiger partial charge in [0.25, 0.3) is 0 Å². The molecule has 5 nitrogen and oxygen atoms in total. The van der Waals surface area contributed by atoms with Crippen molar-refractivity contribution in [1.82, 2.24) is 10.3 Å². The summed E-state index contributed by atoms with van der Waals surface area (Å²) in [6.07, 6.45) is 1.91. The van der Waals surface area contributed by atoms with Crippen LogP contribution in [-0.2, 0) is 11.3 Å². The summed E-state index contributed by atoms with van der Waals surface area (Å²) in [6, 6.07) is 17.8. The fraction of sp³-hybridized carbons (Fsp3) is 0.316. The Morgan fingerprint density at radius 3 is 2.75 bits per heavy atom. The van der Waals surface area contributed by atoms with E-state index in [1.54, 1.807) is 0 Å². The summed E-state index contributed by atoms with van der Waals surface area (Å²) < 4.78 is 5.89. The number of hydrogen-bond donors (Lipinski definition) is 2. The molecule has 24 heavy (non-hydrogen) atoms. The molecule has 0 aliphatic carbocycles. The predicted octanol–water partition coefficient (Wildman–Crippen LogP) is 2.68. The monoisotopic (exact) mass is 325 g/mol. The highest BCUT2D eigenvalue weighted by Gasteiger charge is 2.25. The van der Waals surface area contributed by atoms with Crippen LogP contribution in [0.1, 0.15) is 18.4 Å². The minimum atomic E-state index is -0.0686. The van der Waals surface area contributed by atoms with E-state index in [9.17, 15) is 4.79 Å². The van der Waals surface area contributed by atoms with Crippen molar-refractivity contribution < 1.29 is 9.53 Å². The van der Waals surface area contributed by atoms with Gasteiger partial charge in [-0.3, -0.25) is 15.1 Å². The van der Waals surface area contributed by atoms with Crippen LogP contribution in [0, 0.1) is 5.92 Å². The van der Waals surface area contributed by atoms with Crippen molar-refractivity contribution in [3.63, 3.8) is 0 Å². The standard InChI is InChI=1S/C19H23N3O2/c20-21-19(23)16-7-5-11-22(14-16)13-15-6-4-10-18(12-15)24-17-8-2-1-3-9-17/h1-4,6,8-10,12,16H,5,7,11,13-14,20H2,(H,21,23). The third-order valence-electron chi connectivity index (χ3n) is 4.30. The van der Waals surface area contributed by atoms with Gasteiger partial charge in [-0.2, -0.15) is 0 Å². The molecule has 1 heterocycles. The van der Waals surface area contributed by atoms with Gasteiger partial charge in [-0.15, -0.1) is 0 Å². The molecule has 0 radical (unpaired) electrons.